The fourth-order valence-electron chi connectivity index (χ4n) is 0.0340. The van der Waals surface area contributed by atoms with Gasteiger partial charge in [0.2, 0.25) is 0 Å². The molecule has 0 aromatic rings. The van der Waals surface area contributed by atoms with Crippen LogP contribution in [0.4, 0.5) is 0 Å². The number of hydrogen-bond donors (Lipinski definition) is 0. The van der Waals surface area contributed by atoms with Crippen molar-refractivity contribution in [2.24, 2.45) is 0 Å². The van der Waals surface area contributed by atoms with Crippen molar-refractivity contribution in [2.45, 2.75) is 0 Å². The Labute approximate surface area is 54.8 Å². The van der Waals surface area contributed by atoms with Crippen LogP contribution in [0.5, 0.6) is 0 Å². The second kappa shape index (κ2) is 5.40. The molecule has 3 nitrogen and oxygen atoms in total. The van der Waals surface area contributed by atoms with Crippen molar-refractivity contribution in [3.8, 4) is 0 Å². The maximum atomic E-state index is 9.37. The standard InChI is InChI=1S/2Cd.3O. The Hall–Kier alpha value is 1.40. The van der Waals surface area contributed by atoms with Crippen molar-refractivity contribution in [1.82, 2.24) is 0 Å². The van der Waals surface area contributed by atoms with Crippen molar-refractivity contribution in [2.75, 3.05) is 0 Å². The van der Waals surface area contributed by atoms with Gasteiger partial charge in [0.25, 0.3) is 0 Å². The van der Waals surface area contributed by atoms with Gasteiger partial charge >= 0.3 is 55.4 Å². The normalized spacial score (nSPS) is 4.80. The molecule has 0 aliphatic rings. The van der Waals surface area contributed by atoms with Gasteiger partial charge in [0.15, 0.2) is 0 Å². The molecule has 22 valence electrons. The topological polar surface area (TPSA) is 43.4 Å². The van der Waals surface area contributed by atoms with Gasteiger partial charge in [-0.3, -0.25) is 0 Å². The fourth-order valence-corrected chi connectivity index (χ4v) is 1.53. The molecule has 0 unspecified atom stereocenters. The molecule has 0 atom stereocenters. The second-order valence-electron chi connectivity index (χ2n) is 0.440. The van der Waals surface area contributed by atoms with Crippen molar-refractivity contribution < 1.29 is 55.4 Å². The molecule has 0 amide bonds. The molecular weight excluding hydrogens is 273 g/mol. The van der Waals surface area contributed by atoms with E-state index in [0.29, 0.717) is 0 Å². The van der Waals surface area contributed by atoms with Crippen molar-refractivity contribution in [3.63, 3.8) is 0 Å². The Kier molecular flexibility index (Phi) is 6.92. The molecule has 0 rings (SSSR count). The molecule has 0 saturated heterocycles. The van der Waals surface area contributed by atoms with Crippen LogP contribution in [0, 0.1) is 0 Å². The molecule has 0 N–H and O–H groups in total. The Morgan fingerprint density at radius 3 is 1.60 bits per heavy atom. The average Bonchev–Trinajstić information content (AvgIpc) is 1.41. The second-order valence-corrected chi connectivity index (χ2v) is 10.8. The van der Waals surface area contributed by atoms with Crippen LogP contribution in [0.2, 0.25) is 0 Å². The Morgan fingerprint density at radius 2 is 1.60 bits per heavy atom. The maximum absolute atomic E-state index is 9.37. The van der Waals surface area contributed by atoms with Crippen LogP contribution in [0.1, 0.15) is 0 Å². The molecule has 0 aliphatic heterocycles. The van der Waals surface area contributed by atoms with E-state index in [1.165, 1.54) is 0 Å². The first-order valence-electron chi connectivity index (χ1n) is 1.15. The minimum absolute atomic E-state index is 2.03. The Balaban J connectivity index is 2.65. The van der Waals surface area contributed by atoms with E-state index in [4.69, 9.17) is 0 Å². The van der Waals surface area contributed by atoms with Gasteiger partial charge in [-0.05, 0) is 0 Å². The molecule has 0 aliphatic carbocycles. The first-order chi connectivity index (χ1) is 2.41. The van der Waals surface area contributed by atoms with Crippen LogP contribution in [-0.4, -0.2) is 0 Å². The van der Waals surface area contributed by atoms with E-state index in [0.717, 1.165) is 0 Å². The summed E-state index contributed by atoms with van der Waals surface area (Å²) in [6.07, 6.45) is 0. The molecule has 0 saturated carbocycles. The predicted octanol–water partition coefficient (Wildman–Crippen LogP) is -0.311. The van der Waals surface area contributed by atoms with E-state index < -0.39 is 49.4 Å². The van der Waals surface area contributed by atoms with E-state index in [-0.39, 0.29) is 0 Å². The molecule has 5 heteroatoms. The minimum atomic E-state index is -2.03. The summed E-state index contributed by atoms with van der Waals surface area (Å²) in [5.41, 5.74) is 0. The zero-order chi connectivity index (χ0) is 4.12. The zero-order valence-corrected chi connectivity index (χ0v) is 10.7. The summed E-state index contributed by atoms with van der Waals surface area (Å²) < 4.78 is 22.9. The third-order valence-electron chi connectivity index (χ3n) is 0.167. The van der Waals surface area contributed by atoms with E-state index in [1.807, 2.05) is 0 Å². The molecule has 0 radical (unpaired) electrons. The van der Waals surface area contributed by atoms with Gasteiger partial charge in [0.1, 0.15) is 0 Å². The van der Waals surface area contributed by atoms with Crippen LogP contribution >= 0.6 is 0 Å². The molecule has 5 heavy (non-hydrogen) atoms. The SMILES string of the molecule is [O]=[Cd][O][Cd]=[O]. The Bertz CT molecular complexity index is 34.2. The zero-order valence-electron chi connectivity index (χ0n) is 2.64. The van der Waals surface area contributed by atoms with Gasteiger partial charge < -0.3 is 0 Å². The summed E-state index contributed by atoms with van der Waals surface area (Å²) in [7, 11) is 0. The summed E-state index contributed by atoms with van der Waals surface area (Å²) in [5.74, 6) is 0. The first-order valence-corrected chi connectivity index (χ1v) is 7.75. The molecule has 0 spiro atoms. The number of hydrogen-bond acceptors (Lipinski definition) is 3. The number of rotatable bonds is 2. The van der Waals surface area contributed by atoms with Crippen molar-refractivity contribution in [3.05, 3.63) is 0 Å². The van der Waals surface area contributed by atoms with Gasteiger partial charge in [-0.15, -0.1) is 0 Å². The van der Waals surface area contributed by atoms with E-state index in [1.54, 1.807) is 0 Å². The fraction of sp³-hybridized carbons (Fsp3) is 0. The monoisotopic (exact) mass is 276 g/mol. The average molecular weight is 273 g/mol. The van der Waals surface area contributed by atoms with Crippen LogP contribution in [-0.2, 0) is 55.4 Å². The first kappa shape index (κ1) is 6.40. The molecular formula is Cd2O3. The quantitative estimate of drug-likeness (QED) is 0.648. The third kappa shape index (κ3) is 5.40. The van der Waals surface area contributed by atoms with E-state index in [9.17, 15) is 5.37 Å². The van der Waals surface area contributed by atoms with Crippen LogP contribution < -0.4 is 0 Å². The van der Waals surface area contributed by atoms with Gasteiger partial charge in [0, 0.05) is 0 Å². The summed E-state index contributed by atoms with van der Waals surface area (Å²) >= 11 is -4.06. The Morgan fingerprint density at radius 1 is 1.20 bits per heavy atom. The summed E-state index contributed by atoms with van der Waals surface area (Å²) in [4.78, 5) is 0. The molecule has 0 aromatic carbocycles. The third-order valence-corrected chi connectivity index (χ3v) is 7.50. The van der Waals surface area contributed by atoms with Gasteiger partial charge in [0.05, 0.1) is 0 Å². The van der Waals surface area contributed by atoms with Crippen molar-refractivity contribution >= 4 is 0 Å². The van der Waals surface area contributed by atoms with Gasteiger partial charge in [-0.25, -0.2) is 0 Å². The van der Waals surface area contributed by atoms with Crippen LogP contribution in [0.15, 0.2) is 0 Å². The van der Waals surface area contributed by atoms with Crippen LogP contribution in [0.25, 0.3) is 0 Å². The summed E-state index contributed by atoms with van der Waals surface area (Å²) in [6.45, 7) is 0. The van der Waals surface area contributed by atoms with Crippen LogP contribution in [0.3, 0.4) is 0 Å². The molecule has 0 bridgehead atoms. The van der Waals surface area contributed by atoms with Gasteiger partial charge in [-0.1, -0.05) is 0 Å². The van der Waals surface area contributed by atoms with E-state index >= 15 is 0 Å². The molecule has 0 fully saturated rings. The summed E-state index contributed by atoms with van der Waals surface area (Å²) in [5, 5.41) is 0. The molecule has 0 aromatic heterocycles. The predicted molar refractivity (Wildman–Crippen MR) is 2.46 cm³/mol. The summed E-state index contributed by atoms with van der Waals surface area (Å²) in [6, 6.07) is 0. The van der Waals surface area contributed by atoms with Gasteiger partial charge in [-0.2, -0.15) is 0 Å². The molecule has 0 heterocycles. The van der Waals surface area contributed by atoms with E-state index in [2.05, 4.69) is 0.637 Å². The van der Waals surface area contributed by atoms with Crippen molar-refractivity contribution in [1.29, 1.82) is 0 Å².